The van der Waals surface area contributed by atoms with Crippen LogP contribution < -0.4 is 0 Å². The molecule has 0 atom stereocenters. The first-order valence-corrected chi connectivity index (χ1v) is 3.07. The summed E-state index contributed by atoms with van der Waals surface area (Å²) in [6.45, 7) is 2.42. The average Bonchev–Trinajstić information content (AvgIpc) is 1.72. The lowest BCUT2D eigenvalue weighted by atomic mass is 10.1. The van der Waals surface area contributed by atoms with Crippen LogP contribution >= 0.6 is 0 Å². The predicted octanol–water partition coefficient (Wildman–Crippen LogP) is 1.15. The second kappa shape index (κ2) is 1.38. The number of allylic oxidation sites excluding steroid dienone is 2. The molecule has 0 spiro atoms. The fourth-order valence-corrected chi connectivity index (χ4v) is 1.16. The number of hydrogen-bond donors (Lipinski definition) is 0. The maximum Gasteiger partial charge on any atom is 0.0359 e. The van der Waals surface area contributed by atoms with Crippen LogP contribution in [-0.2, 0) is 0 Å². The van der Waals surface area contributed by atoms with Crippen LogP contribution in [-0.4, -0.2) is 18.0 Å². The Kier molecular flexibility index (Phi) is 0.720. The Balaban J connectivity index is 2.23. The molecule has 0 unspecified atom stereocenters. The Hall–Kier alpha value is -0.720. The quantitative estimate of drug-likeness (QED) is 0.448. The third-order valence-electron chi connectivity index (χ3n) is 1.79. The van der Waals surface area contributed by atoms with Crippen molar-refractivity contribution in [1.29, 1.82) is 0 Å². The molecule has 0 bridgehead atoms. The average molecular weight is 107 g/mol. The molecule has 8 heavy (non-hydrogen) atoms. The van der Waals surface area contributed by atoms with E-state index < -0.39 is 0 Å². The van der Waals surface area contributed by atoms with Crippen molar-refractivity contribution in [3.05, 3.63) is 23.9 Å². The first-order valence-electron chi connectivity index (χ1n) is 3.07. The minimum Gasteiger partial charge on any atom is -0.371 e. The van der Waals surface area contributed by atoms with Gasteiger partial charge in [0.15, 0.2) is 0 Å². The van der Waals surface area contributed by atoms with E-state index in [9.17, 15) is 0 Å². The zero-order valence-corrected chi connectivity index (χ0v) is 4.80. The highest BCUT2D eigenvalue weighted by atomic mass is 15.2. The summed E-state index contributed by atoms with van der Waals surface area (Å²) < 4.78 is 0. The Morgan fingerprint density at radius 3 is 2.88 bits per heavy atom. The van der Waals surface area contributed by atoms with Crippen LogP contribution in [0.2, 0.25) is 0 Å². The lowest BCUT2D eigenvalue weighted by Gasteiger charge is -2.37. The molecule has 1 saturated heterocycles. The van der Waals surface area contributed by atoms with Crippen molar-refractivity contribution in [2.24, 2.45) is 0 Å². The fraction of sp³-hybridized carbons (Fsp3) is 0.429. The van der Waals surface area contributed by atoms with Gasteiger partial charge in [0.25, 0.3) is 0 Å². The van der Waals surface area contributed by atoms with E-state index in [-0.39, 0.29) is 0 Å². The van der Waals surface area contributed by atoms with E-state index in [2.05, 4.69) is 23.1 Å². The van der Waals surface area contributed by atoms with Crippen LogP contribution in [0.1, 0.15) is 6.42 Å². The number of nitrogens with zero attached hydrogens (tertiary/aromatic N) is 1. The van der Waals surface area contributed by atoms with Gasteiger partial charge in [0, 0.05) is 25.2 Å². The van der Waals surface area contributed by atoms with E-state index in [1.54, 1.807) is 0 Å². The molecule has 1 heteroatoms. The molecule has 0 aromatic carbocycles. The molecule has 0 radical (unpaired) electrons. The third kappa shape index (κ3) is 0.414. The molecular formula is C7H9N. The highest BCUT2D eigenvalue weighted by Crippen LogP contribution is 2.22. The van der Waals surface area contributed by atoms with Gasteiger partial charge in [-0.1, -0.05) is 12.2 Å². The van der Waals surface area contributed by atoms with E-state index in [0.717, 1.165) is 6.54 Å². The van der Waals surface area contributed by atoms with Crippen molar-refractivity contribution < 1.29 is 0 Å². The minimum absolute atomic E-state index is 1.14. The van der Waals surface area contributed by atoms with Gasteiger partial charge >= 0.3 is 0 Å². The van der Waals surface area contributed by atoms with Gasteiger partial charge in [-0.25, -0.2) is 0 Å². The molecule has 42 valence electrons. The summed E-state index contributed by atoms with van der Waals surface area (Å²) in [7, 11) is 0. The van der Waals surface area contributed by atoms with Gasteiger partial charge in [0.05, 0.1) is 0 Å². The first-order chi connectivity index (χ1) is 3.97. The van der Waals surface area contributed by atoms with Crippen LogP contribution in [0.4, 0.5) is 0 Å². The topological polar surface area (TPSA) is 3.24 Å². The molecule has 1 fully saturated rings. The Morgan fingerprint density at radius 2 is 2.50 bits per heavy atom. The first kappa shape index (κ1) is 4.19. The standard InChI is InChI=1S/C7H9N/c1-2-5-8-6-4-7(8)3-1/h1-3H,4-6H2. The second-order valence-electron chi connectivity index (χ2n) is 2.28. The van der Waals surface area contributed by atoms with Crippen LogP contribution in [0.15, 0.2) is 23.9 Å². The van der Waals surface area contributed by atoms with Crippen molar-refractivity contribution in [2.75, 3.05) is 13.1 Å². The highest BCUT2D eigenvalue weighted by Gasteiger charge is 2.18. The molecule has 0 aromatic rings. The summed E-state index contributed by atoms with van der Waals surface area (Å²) in [4.78, 5) is 2.39. The SMILES string of the molecule is C1=CCN2CCC2=C1. The normalized spacial score (nSPS) is 24.0. The second-order valence-corrected chi connectivity index (χ2v) is 2.28. The smallest absolute Gasteiger partial charge is 0.0359 e. The molecule has 2 aliphatic heterocycles. The van der Waals surface area contributed by atoms with E-state index in [0.29, 0.717) is 0 Å². The zero-order valence-electron chi connectivity index (χ0n) is 4.80. The van der Waals surface area contributed by atoms with E-state index >= 15 is 0 Å². The van der Waals surface area contributed by atoms with Gasteiger partial charge in [-0.15, -0.1) is 0 Å². The van der Waals surface area contributed by atoms with Crippen molar-refractivity contribution in [3.8, 4) is 0 Å². The van der Waals surface area contributed by atoms with Crippen molar-refractivity contribution >= 4 is 0 Å². The van der Waals surface area contributed by atoms with Gasteiger partial charge in [0.2, 0.25) is 0 Å². The lowest BCUT2D eigenvalue weighted by molar-refractivity contribution is 0.279. The van der Waals surface area contributed by atoms with Crippen molar-refractivity contribution in [2.45, 2.75) is 6.42 Å². The molecule has 2 aliphatic rings. The Labute approximate surface area is 49.3 Å². The van der Waals surface area contributed by atoms with Gasteiger partial charge in [0.1, 0.15) is 0 Å². The molecule has 0 saturated carbocycles. The minimum atomic E-state index is 1.14. The van der Waals surface area contributed by atoms with Gasteiger partial charge in [-0.2, -0.15) is 0 Å². The van der Waals surface area contributed by atoms with Gasteiger partial charge in [-0.3, -0.25) is 0 Å². The van der Waals surface area contributed by atoms with Gasteiger partial charge in [-0.05, 0) is 6.08 Å². The van der Waals surface area contributed by atoms with E-state index in [1.807, 2.05) is 0 Å². The largest absolute Gasteiger partial charge is 0.371 e. The molecule has 1 nitrogen and oxygen atoms in total. The molecule has 0 aromatic heterocycles. The summed E-state index contributed by atoms with van der Waals surface area (Å²) in [5.41, 5.74) is 1.52. The molecule has 0 aliphatic carbocycles. The zero-order chi connectivity index (χ0) is 5.40. The third-order valence-corrected chi connectivity index (χ3v) is 1.79. The summed E-state index contributed by atoms with van der Waals surface area (Å²) in [5, 5.41) is 0. The van der Waals surface area contributed by atoms with Crippen LogP contribution in [0.3, 0.4) is 0 Å². The maximum absolute atomic E-state index is 2.39. The monoisotopic (exact) mass is 107 g/mol. The van der Waals surface area contributed by atoms with Crippen molar-refractivity contribution in [3.63, 3.8) is 0 Å². The summed E-state index contributed by atoms with van der Waals surface area (Å²) in [5.74, 6) is 0. The lowest BCUT2D eigenvalue weighted by Crippen LogP contribution is -2.35. The molecule has 2 rings (SSSR count). The predicted molar refractivity (Wildman–Crippen MR) is 33.4 cm³/mol. The molecule has 2 heterocycles. The highest BCUT2D eigenvalue weighted by molar-refractivity contribution is 5.22. The Morgan fingerprint density at radius 1 is 1.50 bits per heavy atom. The maximum atomic E-state index is 2.39. The number of hydrogen-bond acceptors (Lipinski definition) is 1. The fourth-order valence-electron chi connectivity index (χ4n) is 1.16. The van der Waals surface area contributed by atoms with E-state index in [1.165, 1.54) is 18.7 Å². The molecular weight excluding hydrogens is 98.1 g/mol. The Bertz CT molecular complexity index is 156. The van der Waals surface area contributed by atoms with Crippen LogP contribution in [0.25, 0.3) is 0 Å². The van der Waals surface area contributed by atoms with Gasteiger partial charge < -0.3 is 4.90 Å². The summed E-state index contributed by atoms with van der Waals surface area (Å²) in [6.07, 6.45) is 7.84. The summed E-state index contributed by atoms with van der Waals surface area (Å²) in [6, 6.07) is 0. The number of fused-ring (bicyclic) bond motifs is 1. The summed E-state index contributed by atoms with van der Waals surface area (Å²) >= 11 is 0. The number of rotatable bonds is 0. The van der Waals surface area contributed by atoms with Crippen LogP contribution in [0.5, 0.6) is 0 Å². The van der Waals surface area contributed by atoms with Crippen molar-refractivity contribution in [1.82, 2.24) is 4.90 Å². The molecule has 0 amide bonds. The molecule has 0 N–H and O–H groups in total. The van der Waals surface area contributed by atoms with Crippen LogP contribution in [0, 0.1) is 0 Å². The van der Waals surface area contributed by atoms with E-state index in [4.69, 9.17) is 0 Å².